The van der Waals surface area contributed by atoms with Crippen molar-refractivity contribution in [1.82, 2.24) is 10.3 Å². The molecule has 1 saturated heterocycles. The zero-order valence-corrected chi connectivity index (χ0v) is 13.9. The van der Waals surface area contributed by atoms with Crippen LogP contribution in [0.25, 0.3) is 10.8 Å². The Morgan fingerprint density at radius 3 is 3.00 bits per heavy atom. The van der Waals surface area contributed by atoms with Crippen molar-refractivity contribution in [3.63, 3.8) is 0 Å². The summed E-state index contributed by atoms with van der Waals surface area (Å²) >= 11 is 0.909. The Kier molecular flexibility index (Phi) is 4.75. The summed E-state index contributed by atoms with van der Waals surface area (Å²) in [5.74, 6) is 1.03. The number of carbonyl (C=O) groups excluding carboxylic acids is 2. The van der Waals surface area contributed by atoms with Crippen LogP contribution >= 0.6 is 11.8 Å². The molecule has 3 rings (SSSR count). The highest BCUT2D eigenvalue weighted by Crippen LogP contribution is 2.36. The molecule has 1 aliphatic heterocycles. The Morgan fingerprint density at radius 2 is 2.33 bits per heavy atom. The Labute approximate surface area is 142 Å². The number of thioether (sulfide) groups is 1. The van der Waals surface area contributed by atoms with Gasteiger partial charge in [0, 0.05) is 18.0 Å². The second-order valence-corrected chi connectivity index (χ2v) is 6.42. The number of pyridine rings is 1. The molecule has 0 radical (unpaired) electrons. The normalized spacial score (nSPS) is 16.9. The highest BCUT2D eigenvalue weighted by atomic mass is 32.2. The van der Waals surface area contributed by atoms with E-state index in [1.165, 1.54) is 7.11 Å². The largest absolute Gasteiger partial charge is 0.496 e. The quantitative estimate of drug-likeness (QED) is 0.803. The Hall–Kier alpha value is -2.48. The number of hydrogen-bond donors (Lipinski definition) is 2. The lowest BCUT2D eigenvalue weighted by Gasteiger charge is -2.14. The lowest BCUT2D eigenvalue weighted by molar-refractivity contribution is -0.119. The van der Waals surface area contributed by atoms with Crippen molar-refractivity contribution in [3.05, 3.63) is 24.4 Å². The number of ether oxygens (including phenoxy) is 2. The van der Waals surface area contributed by atoms with Crippen LogP contribution < -0.4 is 20.5 Å². The van der Waals surface area contributed by atoms with Gasteiger partial charge in [0.15, 0.2) is 0 Å². The minimum atomic E-state index is -0.504. The first-order chi connectivity index (χ1) is 11.6. The molecule has 2 amide bonds. The van der Waals surface area contributed by atoms with E-state index in [2.05, 4.69) is 10.3 Å². The molecule has 2 aromatic rings. The molecule has 0 saturated carbocycles. The van der Waals surface area contributed by atoms with Gasteiger partial charge in [-0.3, -0.25) is 9.59 Å². The van der Waals surface area contributed by atoms with E-state index < -0.39 is 5.24 Å². The minimum absolute atomic E-state index is 0.00106. The number of nitrogens with zero attached hydrogens (tertiary/aromatic N) is 1. The fraction of sp³-hybridized carbons (Fsp3) is 0.312. The molecule has 2 heterocycles. The minimum Gasteiger partial charge on any atom is -0.496 e. The zero-order valence-electron chi connectivity index (χ0n) is 13.1. The average Bonchev–Trinajstić information content (AvgIpc) is 2.97. The molecule has 0 aliphatic carbocycles. The van der Waals surface area contributed by atoms with Crippen LogP contribution in [0.4, 0.5) is 4.79 Å². The Bertz CT molecular complexity index is 796. The maximum Gasteiger partial charge on any atom is 0.281 e. The molecule has 3 N–H and O–H groups in total. The maximum atomic E-state index is 11.2. The number of carbonyl (C=O) groups is 2. The molecule has 1 fully saturated rings. The van der Waals surface area contributed by atoms with E-state index in [0.29, 0.717) is 29.6 Å². The van der Waals surface area contributed by atoms with Crippen LogP contribution in [0.5, 0.6) is 11.6 Å². The molecule has 1 aromatic carbocycles. The molecule has 126 valence electrons. The van der Waals surface area contributed by atoms with Gasteiger partial charge in [0.05, 0.1) is 18.0 Å². The Morgan fingerprint density at radius 1 is 1.50 bits per heavy atom. The van der Waals surface area contributed by atoms with Gasteiger partial charge >= 0.3 is 0 Å². The molecule has 8 heteroatoms. The molecule has 7 nitrogen and oxygen atoms in total. The number of fused-ring (bicyclic) bond motifs is 1. The summed E-state index contributed by atoms with van der Waals surface area (Å²) in [6, 6.07) is 5.41. The maximum absolute atomic E-state index is 11.2. The molecular weight excluding hydrogens is 330 g/mol. The SMILES string of the molecule is COc1cc2c(OCC3CCC(=O)N3)nccc2cc1SC(N)=O. The first-order valence-electron chi connectivity index (χ1n) is 7.43. The van der Waals surface area contributed by atoms with Crippen molar-refractivity contribution in [2.24, 2.45) is 5.73 Å². The van der Waals surface area contributed by atoms with Crippen molar-refractivity contribution >= 4 is 33.7 Å². The summed E-state index contributed by atoms with van der Waals surface area (Å²) in [7, 11) is 1.52. The van der Waals surface area contributed by atoms with Crippen LogP contribution in [0.3, 0.4) is 0 Å². The number of benzene rings is 1. The summed E-state index contributed by atoms with van der Waals surface area (Å²) in [6.45, 7) is 0.359. The van der Waals surface area contributed by atoms with Crippen LogP contribution in [-0.2, 0) is 4.79 Å². The van der Waals surface area contributed by atoms with Gasteiger partial charge in [0.1, 0.15) is 12.4 Å². The number of primary amides is 1. The molecule has 0 bridgehead atoms. The van der Waals surface area contributed by atoms with Gasteiger partial charge in [-0.25, -0.2) is 4.98 Å². The van der Waals surface area contributed by atoms with Gasteiger partial charge in [-0.1, -0.05) is 0 Å². The predicted octanol–water partition coefficient (Wildman–Crippen LogP) is 2.07. The van der Waals surface area contributed by atoms with Gasteiger partial charge < -0.3 is 20.5 Å². The summed E-state index contributed by atoms with van der Waals surface area (Å²) < 4.78 is 11.1. The Balaban J connectivity index is 1.88. The summed E-state index contributed by atoms with van der Waals surface area (Å²) in [5, 5.41) is 3.98. The zero-order chi connectivity index (χ0) is 17.1. The van der Waals surface area contributed by atoms with Crippen molar-refractivity contribution in [3.8, 4) is 11.6 Å². The highest BCUT2D eigenvalue weighted by Gasteiger charge is 2.21. The number of amides is 2. The first kappa shape index (κ1) is 16.4. The van der Waals surface area contributed by atoms with Crippen molar-refractivity contribution < 1.29 is 19.1 Å². The molecule has 1 atom stereocenters. The number of nitrogens with two attached hydrogens (primary N) is 1. The topological polar surface area (TPSA) is 104 Å². The highest BCUT2D eigenvalue weighted by molar-refractivity contribution is 8.13. The van der Waals surface area contributed by atoms with Crippen LogP contribution in [0, 0.1) is 0 Å². The molecular formula is C16H17N3O4S. The smallest absolute Gasteiger partial charge is 0.281 e. The third-order valence-corrected chi connectivity index (χ3v) is 4.47. The molecule has 1 aliphatic rings. The second-order valence-electron chi connectivity index (χ2n) is 5.38. The second kappa shape index (κ2) is 6.96. The molecule has 1 unspecified atom stereocenters. The van der Waals surface area contributed by atoms with Crippen molar-refractivity contribution in [2.45, 2.75) is 23.8 Å². The lowest BCUT2D eigenvalue weighted by atomic mass is 10.1. The van der Waals surface area contributed by atoms with Gasteiger partial charge in [0.25, 0.3) is 5.24 Å². The number of nitrogens with one attached hydrogen (secondary N) is 1. The lowest BCUT2D eigenvalue weighted by Crippen LogP contribution is -2.31. The van der Waals surface area contributed by atoms with E-state index >= 15 is 0 Å². The number of hydrogen-bond acceptors (Lipinski definition) is 6. The van der Waals surface area contributed by atoms with Gasteiger partial charge in [0.2, 0.25) is 11.8 Å². The van der Waals surface area contributed by atoms with E-state index in [9.17, 15) is 9.59 Å². The summed E-state index contributed by atoms with van der Waals surface area (Å²) in [6.07, 6.45) is 2.92. The van der Waals surface area contributed by atoms with Crippen LogP contribution in [0.2, 0.25) is 0 Å². The fourth-order valence-electron chi connectivity index (χ4n) is 2.60. The first-order valence-corrected chi connectivity index (χ1v) is 8.24. The molecule has 0 spiro atoms. The standard InChI is InChI=1S/C16H17N3O4S/c1-22-12-7-11-9(6-13(12)24-16(17)21)4-5-18-15(11)23-8-10-2-3-14(20)19-10/h4-7,10H,2-3,8H2,1H3,(H2,17,21)(H,19,20). The molecule has 24 heavy (non-hydrogen) atoms. The fourth-order valence-corrected chi connectivity index (χ4v) is 3.24. The van der Waals surface area contributed by atoms with E-state index in [4.69, 9.17) is 15.2 Å². The van der Waals surface area contributed by atoms with Crippen molar-refractivity contribution in [1.29, 1.82) is 0 Å². The average molecular weight is 347 g/mol. The van der Waals surface area contributed by atoms with E-state index in [1.807, 2.05) is 12.1 Å². The van der Waals surface area contributed by atoms with Crippen LogP contribution in [0.15, 0.2) is 29.3 Å². The van der Waals surface area contributed by atoms with Gasteiger partial charge in [-0.05, 0) is 41.8 Å². The number of aromatic nitrogens is 1. The van der Waals surface area contributed by atoms with E-state index in [-0.39, 0.29) is 11.9 Å². The molecule has 1 aromatic heterocycles. The van der Waals surface area contributed by atoms with Crippen LogP contribution in [0.1, 0.15) is 12.8 Å². The van der Waals surface area contributed by atoms with Gasteiger partial charge in [-0.15, -0.1) is 0 Å². The predicted molar refractivity (Wildman–Crippen MR) is 90.4 cm³/mol. The third-order valence-electron chi connectivity index (χ3n) is 3.73. The van der Waals surface area contributed by atoms with Crippen LogP contribution in [-0.4, -0.2) is 35.9 Å². The van der Waals surface area contributed by atoms with E-state index in [0.717, 1.165) is 29.0 Å². The third kappa shape index (κ3) is 3.53. The number of methoxy groups -OCH3 is 1. The van der Waals surface area contributed by atoms with Gasteiger partial charge in [-0.2, -0.15) is 0 Å². The monoisotopic (exact) mass is 347 g/mol. The van der Waals surface area contributed by atoms with Crippen molar-refractivity contribution in [2.75, 3.05) is 13.7 Å². The number of rotatable bonds is 5. The van der Waals surface area contributed by atoms with E-state index in [1.54, 1.807) is 12.3 Å². The summed E-state index contributed by atoms with van der Waals surface area (Å²) in [5.41, 5.74) is 5.25. The summed E-state index contributed by atoms with van der Waals surface area (Å²) in [4.78, 5) is 27.3.